The summed E-state index contributed by atoms with van der Waals surface area (Å²) in [7, 11) is 5.56. The first-order valence-corrected chi connectivity index (χ1v) is 4.28. The Morgan fingerprint density at radius 2 is 2.11 bits per heavy atom. The standard InChI is InChI=1S/C6H3BBrI/c7-5-2-1-4(8)3-6(5)9/h1-3H. The van der Waals surface area contributed by atoms with Crippen molar-refractivity contribution >= 4 is 51.8 Å². The third-order valence-electron chi connectivity index (χ3n) is 0.962. The zero-order valence-electron chi connectivity index (χ0n) is 4.57. The molecule has 0 unspecified atom stereocenters. The summed E-state index contributed by atoms with van der Waals surface area (Å²) < 4.78 is 2.16. The van der Waals surface area contributed by atoms with Crippen LogP contribution in [0.5, 0.6) is 0 Å². The molecule has 0 atom stereocenters. The molecule has 0 N–H and O–H groups in total. The molecule has 0 aromatic heterocycles. The second-order valence-corrected chi connectivity index (χ2v) is 3.74. The van der Waals surface area contributed by atoms with Crippen LogP contribution >= 0.6 is 38.5 Å². The third kappa shape index (κ3) is 1.97. The molecule has 0 spiro atoms. The van der Waals surface area contributed by atoms with E-state index < -0.39 is 0 Å². The lowest BCUT2D eigenvalue weighted by Gasteiger charge is -1.96. The van der Waals surface area contributed by atoms with Gasteiger partial charge in [-0.1, -0.05) is 27.5 Å². The van der Waals surface area contributed by atoms with Crippen LogP contribution in [-0.2, 0) is 0 Å². The van der Waals surface area contributed by atoms with Crippen LogP contribution in [0, 0.1) is 3.57 Å². The fraction of sp³-hybridized carbons (Fsp3) is 0. The zero-order valence-corrected chi connectivity index (χ0v) is 8.31. The summed E-state index contributed by atoms with van der Waals surface area (Å²) >= 11 is 5.53. The van der Waals surface area contributed by atoms with Gasteiger partial charge in [0.2, 0.25) is 0 Å². The normalized spacial score (nSPS) is 9.56. The van der Waals surface area contributed by atoms with Gasteiger partial charge in [-0.25, -0.2) is 0 Å². The molecule has 44 valence electrons. The van der Waals surface area contributed by atoms with Gasteiger partial charge in [0.15, 0.2) is 0 Å². The lowest BCUT2D eigenvalue weighted by Crippen LogP contribution is -2.05. The molecular weight excluding hydrogens is 290 g/mol. The summed E-state index contributed by atoms with van der Waals surface area (Å²) in [5.41, 5.74) is 0.832. The molecule has 0 saturated carbocycles. The Hall–Kier alpha value is 0.495. The summed E-state index contributed by atoms with van der Waals surface area (Å²) in [6, 6.07) is 5.79. The first-order chi connectivity index (χ1) is 4.20. The highest BCUT2D eigenvalue weighted by molar-refractivity contribution is 14.1. The second kappa shape index (κ2) is 3.06. The van der Waals surface area contributed by atoms with E-state index in [0.717, 1.165) is 13.5 Å². The van der Waals surface area contributed by atoms with Crippen molar-refractivity contribution in [3.63, 3.8) is 0 Å². The van der Waals surface area contributed by atoms with Crippen LogP contribution in [0.25, 0.3) is 0 Å². The number of halogens is 2. The van der Waals surface area contributed by atoms with E-state index in [9.17, 15) is 0 Å². The molecule has 0 aliphatic carbocycles. The third-order valence-corrected chi connectivity index (χ3v) is 2.39. The summed E-state index contributed by atoms with van der Waals surface area (Å²) in [6.07, 6.45) is 0. The highest BCUT2D eigenvalue weighted by Crippen LogP contribution is 2.10. The summed E-state index contributed by atoms with van der Waals surface area (Å²) in [4.78, 5) is 0. The maximum absolute atomic E-state index is 5.56. The van der Waals surface area contributed by atoms with Crippen molar-refractivity contribution in [2.24, 2.45) is 0 Å². The molecule has 0 fully saturated rings. The molecule has 0 aliphatic rings. The van der Waals surface area contributed by atoms with Gasteiger partial charge in [-0.05, 0) is 34.7 Å². The van der Waals surface area contributed by atoms with Gasteiger partial charge >= 0.3 is 0 Å². The van der Waals surface area contributed by atoms with Crippen molar-refractivity contribution in [1.29, 1.82) is 0 Å². The van der Waals surface area contributed by atoms with Gasteiger partial charge in [-0.2, -0.15) is 0 Å². The lowest BCUT2D eigenvalue weighted by atomic mass is 9.97. The van der Waals surface area contributed by atoms with Crippen LogP contribution < -0.4 is 5.46 Å². The van der Waals surface area contributed by atoms with E-state index in [1.54, 1.807) is 0 Å². The molecule has 0 aliphatic heterocycles. The van der Waals surface area contributed by atoms with Crippen molar-refractivity contribution < 1.29 is 0 Å². The Morgan fingerprint density at radius 1 is 1.44 bits per heavy atom. The van der Waals surface area contributed by atoms with Gasteiger partial charge in [0.05, 0.1) is 0 Å². The van der Waals surface area contributed by atoms with Crippen molar-refractivity contribution in [2.75, 3.05) is 0 Å². The lowest BCUT2D eigenvalue weighted by molar-refractivity contribution is 1.65. The van der Waals surface area contributed by atoms with Crippen molar-refractivity contribution in [2.45, 2.75) is 0 Å². The predicted molar refractivity (Wildman–Crippen MR) is 52.2 cm³/mol. The first-order valence-electron chi connectivity index (χ1n) is 2.40. The fourth-order valence-electron chi connectivity index (χ4n) is 0.502. The average molecular weight is 293 g/mol. The molecule has 1 aromatic carbocycles. The van der Waals surface area contributed by atoms with Crippen molar-refractivity contribution in [3.05, 3.63) is 26.2 Å². The molecule has 3 heteroatoms. The summed E-state index contributed by atoms with van der Waals surface area (Å²) in [5, 5.41) is 0. The average Bonchev–Trinajstić information content (AvgIpc) is 1.80. The number of hydrogen-bond acceptors (Lipinski definition) is 0. The van der Waals surface area contributed by atoms with E-state index in [0.29, 0.717) is 0 Å². The molecule has 1 rings (SSSR count). The van der Waals surface area contributed by atoms with Gasteiger partial charge in [0, 0.05) is 8.04 Å². The molecule has 2 radical (unpaired) electrons. The van der Waals surface area contributed by atoms with Crippen molar-refractivity contribution in [1.82, 2.24) is 0 Å². The van der Waals surface area contributed by atoms with Crippen molar-refractivity contribution in [3.8, 4) is 0 Å². The minimum atomic E-state index is 0.832. The van der Waals surface area contributed by atoms with Crippen LogP contribution in [0.15, 0.2) is 22.7 Å². The number of hydrogen-bond donors (Lipinski definition) is 0. The topological polar surface area (TPSA) is 0 Å². The van der Waals surface area contributed by atoms with Crippen LogP contribution in [0.2, 0.25) is 0 Å². The monoisotopic (exact) mass is 292 g/mol. The molecule has 0 nitrogen and oxygen atoms in total. The summed E-state index contributed by atoms with van der Waals surface area (Å²) in [6.45, 7) is 0. The van der Waals surface area contributed by atoms with Crippen LogP contribution in [0.4, 0.5) is 0 Å². The van der Waals surface area contributed by atoms with Crippen LogP contribution in [0.1, 0.15) is 0 Å². The molecule has 0 saturated heterocycles. The van der Waals surface area contributed by atoms with Gasteiger partial charge < -0.3 is 0 Å². The predicted octanol–water partition coefficient (Wildman–Crippen LogP) is 1.85. The van der Waals surface area contributed by atoms with Gasteiger partial charge in [0.25, 0.3) is 0 Å². The molecule has 1 aromatic rings. The quantitative estimate of drug-likeness (QED) is 0.506. The fourth-order valence-corrected chi connectivity index (χ4v) is 1.81. The molecule has 9 heavy (non-hydrogen) atoms. The maximum Gasteiger partial charge on any atom is 0.115 e. The Labute approximate surface area is 77.7 Å². The Bertz CT molecular complexity index is 224. The highest BCUT2D eigenvalue weighted by Gasteiger charge is 1.91. The number of rotatable bonds is 0. The highest BCUT2D eigenvalue weighted by atomic mass is 127. The maximum atomic E-state index is 5.56. The van der Waals surface area contributed by atoms with Crippen LogP contribution in [-0.4, -0.2) is 7.85 Å². The minimum absolute atomic E-state index is 0.832. The Balaban J connectivity index is 3.17. The van der Waals surface area contributed by atoms with Gasteiger partial charge in [-0.15, -0.1) is 0 Å². The van der Waals surface area contributed by atoms with Gasteiger partial charge in [0.1, 0.15) is 7.85 Å². The SMILES string of the molecule is [B]c1ccc(Br)cc1I. The smallest absolute Gasteiger partial charge is 0.0835 e. The van der Waals surface area contributed by atoms with E-state index >= 15 is 0 Å². The molecule has 0 bridgehead atoms. The zero-order chi connectivity index (χ0) is 6.85. The number of benzene rings is 1. The Kier molecular flexibility index (Phi) is 2.58. The van der Waals surface area contributed by atoms with E-state index in [4.69, 9.17) is 7.85 Å². The van der Waals surface area contributed by atoms with E-state index in [-0.39, 0.29) is 0 Å². The largest absolute Gasteiger partial charge is 0.115 e. The molecular formula is C6H3BBrI. The van der Waals surface area contributed by atoms with Gasteiger partial charge in [-0.3, -0.25) is 0 Å². The Morgan fingerprint density at radius 3 is 2.56 bits per heavy atom. The first kappa shape index (κ1) is 7.60. The van der Waals surface area contributed by atoms with Crippen LogP contribution in [0.3, 0.4) is 0 Å². The van der Waals surface area contributed by atoms with E-state index in [1.807, 2.05) is 18.2 Å². The van der Waals surface area contributed by atoms with E-state index in [1.165, 1.54) is 0 Å². The second-order valence-electron chi connectivity index (χ2n) is 1.67. The minimum Gasteiger partial charge on any atom is -0.0835 e. The molecule has 0 heterocycles. The summed E-state index contributed by atoms with van der Waals surface area (Å²) in [5.74, 6) is 0. The molecule has 0 amide bonds. The van der Waals surface area contributed by atoms with E-state index in [2.05, 4.69) is 38.5 Å².